The number of Topliss-reactive ketones (excluding diaryl/α,β-unsaturated/α-hetero) is 1. The molecular weight excluding hydrogens is 427 g/mol. The molecule has 8 heteroatoms. The summed E-state index contributed by atoms with van der Waals surface area (Å²) in [4.78, 5) is 17.1. The summed E-state index contributed by atoms with van der Waals surface area (Å²) in [6.45, 7) is 4.32. The fourth-order valence-electron chi connectivity index (χ4n) is 3.18. The largest absolute Gasteiger partial charge is 0.494 e. The molecule has 2 aromatic heterocycles. The maximum absolute atomic E-state index is 13.2. The second-order valence-electron chi connectivity index (χ2n) is 6.94. The average molecular weight is 449 g/mol. The summed E-state index contributed by atoms with van der Waals surface area (Å²) in [5.41, 5.74) is 2.09. The first-order valence-electron chi connectivity index (χ1n) is 10.1. The van der Waals surface area contributed by atoms with Crippen LogP contribution < -0.4 is 4.74 Å². The highest BCUT2D eigenvalue weighted by atomic mass is 32.2. The Labute approximate surface area is 189 Å². The molecule has 0 aliphatic rings. The van der Waals surface area contributed by atoms with Gasteiger partial charge in [0.1, 0.15) is 11.6 Å². The zero-order valence-corrected chi connectivity index (χ0v) is 18.4. The molecule has 0 N–H and O–H groups in total. The van der Waals surface area contributed by atoms with E-state index in [0.717, 1.165) is 17.0 Å². The molecule has 0 radical (unpaired) electrons. The van der Waals surface area contributed by atoms with Gasteiger partial charge in [0.15, 0.2) is 16.8 Å². The van der Waals surface area contributed by atoms with Crippen molar-refractivity contribution >= 4 is 17.5 Å². The quantitative estimate of drug-likeness (QED) is 0.272. The minimum Gasteiger partial charge on any atom is -0.494 e. The van der Waals surface area contributed by atoms with Gasteiger partial charge in [-0.15, -0.1) is 10.2 Å². The van der Waals surface area contributed by atoms with E-state index < -0.39 is 5.25 Å². The molecule has 0 amide bonds. The fourth-order valence-corrected chi connectivity index (χ4v) is 4.12. The summed E-state index contributed by atoms with van der Waals surface area (Å²) in [6, 6.07) is 16.9. The summed E-state index contributed by atoms with van der Waals surface area (Å²) < 4.78 is 20.7. The first-order chi connectivity index (χ1) is 15.6. The molecular formula is C24H21FN4O2S. The van der Waals surface area contributed by atoms with Gasteiger partial charge in [0.05, 0.1) is 11.9 Å². The Morgan fingerprint density at radius 3 is 2.50 bits per heavy atom. The molecule has 0 aliphatic heterocycles. The van der Waals surface area contributed by atoms with Crippen LogP contribution in [0, 0.1) is 5.82 Å². The first-order valence-corrected chi connectivity index (χ1v) is 11.0. The lowest BCUT2D eigenvalue weighted by Crippen LogP contribution is -2.14. The van der Waals surface area contributed by atoms with Crippen LogP contribution in [0.5, 0.6) is 5.75 Å². The van der Waals surface area contributed by atoms with Crippen LogP contribution in [0.15, 0.2) is 78.2 Å². The van der Waals surface area contributed by atoms with Crippen molar-refractivity contribution in [2.24, 2.45) is 0 Å². The summed E-state index contributed by atoms with van der Waals surface area (Å²) >= 11 is 1.30. The van der Waals surface area contributed by atoms with Gasteiger partial charge in [0.25, 0.3) is 0 Å². The Morgan fingerprint density at radius 1 is 1.09 bits per heavy atom. The van der Waals surface area contributed by atoms with E-state index >= 15 is 0 Å². The van der Waals surface area contributed by atoms with Crippen molar-refractivity contribution in [3.8, 4) is 22.8 Å². The number of carbonyl (C=O) groups is 1. The third-order valence-electron chi connectivity index (χ3n) is 4.74. The van der Waals surface area contributed by atoms with Gasteiger partial charge in [-0.1, -0.05) is 11.8 Å². The molecule has 2 heterocycles. The van der Waals surface area contributed by atoms with Crippen molar-refractivity contribution in [1.82, 2.24) is 19.7 Å². The smallest absolute Gasteiger partial charge is 0.196 e. The number of carbonyl (C=O) groups excluding carboxylic acids is 1. The van der Waals surface area contributed by atoms with Crippen LogP contribution in [-0.4, -0.2) is 37.4 Å². The number of pyridine rings is 1. The highest BCUT2D eigenvalue weighted by molar-refractivity contribution is 8.00. The average Bonchev–Trinajstić information content (AvgIpc) is 3.24. The van der Waals surface area contributed by atoms with E-state index in [1.807, 2.05) is 47.9 Å². The summed E-state index contributed by atoms with van der Waals surface area (Å²) in [6.07, 6.45) is 3.41. The number of rotatable bonds is 8. The standard InChI is InChI=1S/C24H21FN4O2S/c1-3-31-21-12-10-20(11-13-21)29-23(18-5-4-14-26-15-18)27-28-24(29)32-16(2)22(30)17-6-8-19(25)9-7-17/h4-16H,3H2,1-2H3. The number of thioether (sulfide) groups is 1. The highest BCUT2D eigenvalue weighted by Gasteiger charge is 2.23. The molecule has 0 spiro atoms. The number of benzene rings is 2. The normalized spacial score (nSPS) is 11.8. The van der Waals surface area contributed by atoms with Gasteiger partial charge < -0.3 is 4.74 Å². The predicted octanol–water partition coefficient (Wildman–Crippen LogP) is 5.23. The summed E-state index contributed by atoms with van der Waals surface area (Å²) in [7, 11) is 0. The molecule has 4 aromatic rings. The van der Waals surface area contributed by atoms with E-state index in [1.165, 1.54) is 36.0 Å². The highest BCUT2D eigenvalue weighted by Crippen LogP contribution is 2.31. The number of halogens is 1. The van der Waals surface area contributed by atoms with Gasteiger partial charge in [-0.2, -0.15) is 0 Å². The van der Waals surface area contributed by atoms with E-state index in [1.54, 1.807) is 19.3 Å². The number of hydrogen-bond acceptors (Lipinski definition) is 6. The molecule has 4 rings (SSSR count). The number of hydrogen-bond donors (Lipinski definition) is 0. The van der Waals surface area contributed by atoms with Crippen LogP contribution in [0.25, 0.3) is 17.1 Å². The van der Waals surface area contributed by atoms with Crippen molar-refractivity contribution in [1.29, 1.82) is 0 Å². The molecule has 1 atom stereocenters. The molecule has 6 nitrogen and oxygen atoms in total. The Balaban J connectivity index is 1.69. The first kappa shape index (κ1) is 21.7. The lowest BCUT2D eigenvalue weighted by atomic mass is 10.1. The van der Waals surface area contributed by atoms with E-state index in [2.05, 4.69) is 15.2 Å². The maximum atomic E-state index is 13.2. The predicted molar refractivity (Wildman–Crippen MR) is 122 cm³/mol. The van der Waals surface area contributed by atoms with Crippen LogP contribution in [0.3, 0.4) is 0 Å². The van der Waals surface area contributed by atoms with Gasteiger partial charge in [-0.3, -0.25) is 14.3 Å². The van der Waals surface area contributed by atoms with Gasteiger partial charge in [0, 0.05) is 29.2 Å². The van der Waals surface area contributed by atoms with Crippen molar-refractivity contribution in [3.05, 3.63) is 84.4 Å². The van der Waals surface area contributed by atoms with Gasteiger partial charge in [-0.25, -0.2) is 4.39 Å². The summed E-state index contributed by atoms with van der Waals surface area (Å²) in [5.74, 6) is 0.893. The third kappa shape index (κ3) is 4.70. The van der Waals surface area contributed by atoms with E-state index in [9.17, 15) is 9.18 Å². The molecule has 2 aromatic carbocycles. The molecule has 0 saturated carbocycles. The van der Waals surface area contributed by atoms with Crippen molar-refractivity contribution in [2.45, 2.75) is 24.3 Å². The Bertz CT molecular complexity index is 1200. The fraction of sp³-hybridized carbons (Fsp3) is 0.167. The number of ether oxygens (including phenoxy) is 1. The lowest BCUT2D eigenvalue weighted by molar-refractivity contribution is 0.0994. The SMILES string of the molecule is CCOc1ccc(-n2c(SC(C)C(=O)c3ccc(F)cc3)nnc2-c2cccnc2)cc1. The van der Waals surface area contributed by atoms with Crippen LogP contribution >= 0.6 is 11.8 Å². The van der Waals surface area contributed by atoms with Crippen LogP contribution in [0.1, 0.15) is 24.2 Å². The topological polar surface area (TPSA) is 69.9 Å². The molecule has 0 aliphatic carbocycles. The number of ketones is 1. The van der Waals surface area contributed by atoms with Gasteiger partial charge in [0.2, 0.25) is 0 Å². The number of aromatic nitrogens is 4. The molecule has 0 fully saturated rings. The number of nitrogens with zero attached hydrogens (tertiary/aromatic N) is 4. The van der Waals surface area contributed by atoms with Crippen molar-refractivity contribution < 1.29 is 13.9 Å². The minimum atomic E-state index is -0.451. The minimum absolute atomic E-state index is 0.112. The van der Waals surface area contributed by atoms with E-state index in [4.69, 9.17) is 4.74 Å². The molecule has 162 valence electrons. The van der Waals surface area contributed by atoms with Crippen LogP contribution in [0.4, 0.5) is 4.39 Å². The van der Waals surface area contributed by atoms with Crippen molar-refractivity contribution in [3.63, 3.8) is 0 Å². The lowest BCUT2D eigenvalue weighted by Gasteiger charge is -2.14. The molecule has 0 saturated heterocycles. The Hall–Kier alpha value is -3.52. The van der Waals surface area contributed by atoms with Gasteiger partial charge >= 0.3 is 0 Å². The second kappa shape index (κ2) is 9.74. The van der Waals surface area contributed by atoms with Crippen LogP contribution in [0.2, 0.25) is 0 Å². The molecule has 1 unspecified atom stereocenters. The Morgan fingerprint density at radius 2 is 1.84 bits per heavy atom. The van der Waals surface area contributed by atoms with Crippen molar-refractivity contribution in [2.75, 3.05) is 6.61 Å². The van der Waals surface area contributed by atoms with E-state index in [-0.39, 0.29) is 11.6 Å². The van der Waals surface area contributed by atoms with E-state index in [0.29, 0.717) is 23.2 Å². The maximum Gasteiger partial charge on any atom is 0.196 e. The zero-order valence-electron chi connectivity index (χ0n) is 17.6. The van der Waals surface area contributed by atoms with Crippen LogP contribution in [-0.2, 0) is 0 Å². The molecule has 0 bridgehead atoms. The van der Waals surface area contributed by atoms with Gasteiger partial charge in [-0.05, 0) is 74.5 Å². The molecule has 32 heavy (non-hydrogen) atoms. The summed E-state index contributed by atoms with van der Waals surface area (Å²) in [5, 5.41) is 8.86. The monoisotopic (exact) mass is 448 g/mol. The second-order valence-corrected chi connectivity index (χ2v) is 8.25. The zero-order chi connectivity index (χ0) is 22.5. The Kier molecular flexibility index (Phi) is 6.61. The third-order valence-corrected chi connectivity index (χ3v) is 5.78.